The summed E-state index contributed by atoms with van der Waals surface area (Å²) in [5.41, 5.74) is 8.19. The molecule has 1 aliphatic heterocycles. The molecule has 8 heteroatoms. The van der Waals surface area contributed by atoms with E-state index in [0.29, 0.717) is 57.0 Å². The molecule has 0 saturated carbocycles. The highest BCUT2D eigenvalue weighted by molar-refractivity contribution is 6.42. The predicted molar refractivity (Wildman–Crippen MR) is 119 cm³/mol. The van der Waals surface area contributed by atoms with Crippen LogP contribution >= 0.6 is 34.8 Å². The van der Waals surface area contributed by atoms with Gasteiger partial charge in [0.2, 0.25) is 5.88 Å². The Balaban J connectivity index is 1.63. The van der Waals surface area contributed by atoms with E-state index in [2.05, 4.69) is 6.07 Å². The molecule has 5 nitrogen and oxygen atoms in total. The number of hydrogen-bond acceptors (Lipinski definition) is 5. The van der Waals surface area contributed by atoms with Crippen LogP contribution in [0.15, 0.2) is 59.2 Å². The maximum absolute atomic E-state index is 12.7. The molecule has 1 atom stereocenters. The monoisotopic (exact) mass is 474 g/mol. The minimum atomic E-state index is -0.608. The molecule has 31 heavy (non-hydrogen) atoms. The van der Waals surface area contributed by atoms with Gasteiger partial charge in [-0.3, -0.25) is 4.79 Å². The van der Waals surface area contributed by atoms with E-state index in [0.717, 1.165) is 5.56 Å². The van der Waals surface area contributed by atoms with Crippen molar-refractivity contribution in [3.8, 4) is 11.8 Å². The quantitative estimate of drug-likeness (QED) is 0.582. The number of benzene rings is 2. The number of Topliss-reactive ketones (excluding diaryl/α,β-unsaturated/α-hetero) is 1. The molecule has 0 spiro atoms. The highest BCUT2D eigenvalue weighted by atomic mass is 35.5. The number of ether oxygens (including phenoxy) is 2. The molecule has 0 radical (unpaired) electrons. The van der Waals surface area contributed by atoms with Crippen molar-refractivity contribution in [2.24, 2.45) is 5.73 Å². The molecule has 0 unspecified atom stereocenters. The van der Waals surface area contributed by atoms with Crippen molar-refractivity contribution in [1.29, 1.82) is 5.26 Å². The Bertz CT molecular complexity index is 1180. The molecular formula is C23H17Cl3N2O3. The van der Waals surface area contributed by atoms with Gasteiger partial charge in [0.1, 0.15) is 29.8 Å². The summed E-state index contributed by atoms with van der Waals surface area (Å²) in [4.78, 5) is 12.7. The lowest BCUT2D eigenvalue weighted by molar-refractivity contribution is -0.116. The van der Waals surface area contributed by atoms with Gasteiger partial charge in [-0.2, -0.15) is 5.26 Å². The fraction of sp³-hybridized carbons (Fsp3) is 0.217. The Morgan fingerprint density at radius 1 is 1.10 bits per heavy atom. The zero-order valence-electron chi connectivity index (χ0n) is 16.3. The SMILES string of the molecule is N#CC1=C(N)OC2=C(C(=O)CCC2)[C@@H]1c1ccc(OCc2ccc(Cl)c(Cl)c2)c(Cl)c1. The number of nitriles is 1. The molecule has 0 bridgehead atoms. The van der Waals surface area contributed by atoms with Gasteiger partial charge >= 0.3 is 0 Å². The zero-order valence-corrected chi connectivity index (χ0v) is 18.5. The van der Waals surface area contributed by atoms with Crippen molar-refractivity contribution in [3.05, 3.63) is 85.4 Å². The highest BCUT2D eigenvalue weighted by Crippen LogP contribution is 2.44. The number of nitrogens with two attached hydrogens (primary N) is 1. The molecular weight excluding hydrogens is 459 g/mol. The van der Waals surface area contributed by atoms with Gasteiger partial charge in [-0.25, -0.2) is 0 Å². The van der Waals surface area contributed by atoms with Crippen LogP contribution in [0.2, 0.25) is 15.1 Å². The third-order valence-corrected chi connectivity index (χ3v) is 6.31. The average Bonchev–Trinajstić information content (AvgIpc) is 2.74. The van der Waals surface area contributed by atoms with E-state index in [1.807, 2.05) is 6.07 Å². The normalized spacial score (nSPS) is 18.4. The summed E-state index contributed by atoms with van der Waals surface area (Å²) in [5.74, 6) is 0.375. The van der Waals surface area contributed by atoms with Crippen LogP contribution in [0.5, 0.6) is 5.75 Å². The van der Waals surface area contributed by atoms with Crippen LogP contribution in [0.4, 0.5) is 0 Å². The maximum atomic E-state index is 12.7. The topological polar surface area (TPSA) is 85.3 Å². The number of hydrogen-bond donors (Lipinski definition) is 1. The first-order chi connectivity index (χ1) is 14.9. The van der Waals surface area contributed by atoms with Gasteiger partial charge < -0.3 is 15.2 Å². The van der Waals surface area contributed by atoms with Gasteiger partial charge in [0.05, 0.1) is 21.0 Å². The van der Waals surface area contributed by atoms with E-state index in [-0.39, 0.29) is 23.8 Å². The van der Waals surface area contributed by atoms with Gasteiger partial charge in [-0.15, -0.1) is 0 Å². The second-order valence-electron chi connectivity index (χ2n) is 7.27. The van der Waals surface area contributed by atoms with Crippen molar-refractivity contribution in [1.82, 2.24) is 0 Å². The lowest BCUT2D eigenvalue weighted by Gasteiger charge is -2.31. The molecule has 2 aromatic carbocycles. The Labute approximate surface area is 194 Å². The van der Waals surface area contributed by atoms with E-state index in [1.54, 1.807) is 30.3 Å². The molecule has 0 saturated heterocycles. The third-order valence-electron chi connectivity index (χ3n) is 5.27. The van der Waals surface area contributed by atoms with E-state index in [1.165, 1.54) is 0 Å². The van der Waals surface area contributed by atoms with Crippen molar-refractivity contribution in [2.75, 3.05) is 0 Å². The van der Waals surface area contributed by atoms with Gasteiger partial charge in [-0.05, 0) is 41.8 Å². The van der Waals surface area contributed by atoms with E-state index in [9.17, 15) is 10.1 Å². The number of ketones is 1. The number of allylic oxidation sites excluding steroid dienone is 3. The molecule has 4 rings (SSSR count). The summed E-state index contributed by atoms with van der Waals surface area (Å²) in [5, 5.41) is 10.9. The summed E-state index contributed by atoms with van der Waals surface area (Å²) in [6.45, 7) is 0.247. The summed E-state index contributed by atoms with van der Waals surface area (Å²) in [7, 11) is 0. The van der Waals surface area contributed by atoms with Crippen LogP contribution in [-0.4, -0.2) is 5.78 Å². The molecule has 0 aromatic heterocycles. The molecule has 158 valence electrons. The van der Waals surface area contributed by atoms with Gasteiger partial charge in [-0.1, -0.05) is 46.9 Å². The van der Waals surface area contributed by atoms with Gasteiger partial charge in [0, 0.05) is 18.4 Å². The maximum Gasteiger partial charge on any atom is 0.205 e. The van der Waals surface area contributed by atoms with Crippen molar-refractivity contribution in [2.45, 2.75) is 31.8 Å². The Hall–Kier alpha value is -2.65. The summed E-state index contributed by atoms with van der Waals surface area (Å²) >= 11 is 18.5. The van der Waals surface area contributed by atoms with Crippen LogP contribution in [0.25, 0.3) is 0 Å². The third kappa shape index (κ3) is 4.24. The Morgan fingerprint density at radius 3 is 2.61 bits per heavy atom. The number of nitrogens with zero attached hydrogens (tertiary/aromatic N) is 1. The lowest BCUT2D eigenvalue weighted by atomic mass is 9.77. The van der Waals surface area contributed by atoms with Crippen LogP contribution in [0.3, 0.4) is 0 Å². The minimum absolute atomic E-state index is 0.0250. The van der Waals surface area contributed by atoms with Crippen molar-refractivity contribution >= 4 is 40.6 Å². The van der Waals surface area contributed by atoms with Crippen LogP contribution in [-0.2, 0) is 16.1 Å². The number of carbonyl (C=O) groups excluding carboxylic acids is 1. The summed E-state index contributed by atoms with van der Waals surface area (Å²) < 4.78 is 11.4. The molecule has 0 amide bonds. The number of rotatable bonds is 4. The van der Waals surface area contributed by atoms with Crippen LogP contribution < -0.4 is 10.5 Å². The Kier molecular flexibility index (Phi) is 6.15. The molecule has 2 aliphatic rings. The predicted octanol–water partition coefficient (Wildman–Crippen LogP) is 6.04. The second kappa shape index (κ2) is 8.84. The standard InChI is InChI=1S/C23H17Cl3N2O3/c24-15-6-4-12(8-16(15)25)11-30-19-7-5-13(9-17(19)26)21-14(10-27)23(28)31-20-3-1-2-18(29)22(20)21/h4-9,21H,1-3,11,28H2/t21-/m1/s1. The first kappa shape index (κ1) is 21.6. The number of halogens is 3. The average molecular weight is 476 g/mol. The first-order valence-corrected chi connectivity index (χ1v) is 10.7. The smallest absolute Gasteiger partial charge is 0.205 e. The van der Waals surface area contributed by atoms with Crippen LogP contribution in [0, 0.1) is 11.3 Å². The summed E-state index contributed by atoms with van der Waals surface area (Å²) in [6, 6.07) is 12.5. The largest absolute Gasteiger partial charge is 0.487 e. The lowest BCUT2D eigenvalue weighted by Crippen LogP contribution is -2.27. The molecule has 1 heterocycles. The molecule has 2 N–H and O–H groups in total. The molecule has 1 aliphatic carbocycles. The van der Waals surface area contributed by atoms with Crippen molar-refractivity contribution < 1.29 is 14.3 Å². The first-order valence-electron chi connectivity index (χ1n) is 9.59. The van der Waals surface area contributed by atoms with Crippen LogP contribution in [0.1, 0.15) is 36.3 Å². The number of carbonyl (C=O) groups is 1. The van der Waals surface area contributed by atoms with E-state index in [4.69, 9.17) is 50.0 Å². The molecule has 0 fully saturated rings. The second-order valence-corrected chi connectivity index (χ2v) is 8.49. The molecule has 2 aromatic rings. The Morgan fingerprint density at radius 2 is 1.90 bits per heavy atom. The summed E-state index contributed by atoms with van der Waals surface area (Å²) in [6.07, 6.45) is 1.72. The van der Waals surface area contributed by atoms with Gasteiger partial charge in [0.25, 0.3) is 0 Å². The van der Waals surface area contributed by atoms with E-state index < -0.39 is 5.92 Å². The minimum Gasteiger partial charge on any atom is -0.487 e. The highest BCUT2D eigenvalue weighted by Gasteiger charge is 2.38. The zero-order chi connectivity index (χ0) is 22.1. The van der Waals surface area contributed by atoms with E-state index >= 15 is 0 Å². The van der Waals surface area contributed by atoms with Crippen molar-refractivity contribution in [3.63, 3.8) is 0 Å². The fourth-order valence-electron chi connectivity index (χ4n) is 3.79. The van der Waals surface area contributed by atoms with Gasteiger partial charge in [0.15, 0.2) is 5.78 Å². The fourth-order valence-corrected chi connectivity index (χ4v) is 4.36.